The lowest BCUT2D eigenvalue weighted by atomic mass is 10.2. The summed E-state index contributed by atoms with van der Waals surface area (Å²) in [7, 11) is 0. The number of benzene rings is 2. The van der Waals surface area contributed by atoms with Crippen LogP contribution in [0.3, 0.4) is 0 Å². The van der Waals surface area contributed by atoms with Crippen LogP contribution >= 0.6 is 11.8 Å². The van der Waals surface area contributed by atoms with Crippen molar-refractivity contribution in [1.29, 1.82) is 0 Å². The number of anilines is 1. The van der Waals surface area contributed by atoms with Gasteiger partial charge >= 0.3 is 6.18 Å². The Morgan fingerprint density at radius 3 is 2.33 bits per heavy atom. The summed E-state index contributed by atoms with van der Waals surface area (Å²) in [6.45, 7) is 0.460. The Labute approximate surface area is 124 Å². The van der Waals surface area contributed by atoms with E-state index in [4.69, 9.17) is 0 Å². The molecular formula is C15H13F4NS. The first-order chi connectivity index (χ1) is 9.97. The van der Waals surface area contributed by atoms with E-state index in [-0.39, 0.29) is 5.69 Å². The number of hydrogen-bond acceptors (Lipinski definition) is 2. The Kier molecular flexibility index (Phi) is 5.12. The number of hydrogen-bond donors (Lipinski definition) is 1. The molecule has 6 heteroatoms. The molecule has 0 fully saturated rings. The summed E-state index contributed by atoms with van der Waals surface area (Å²) in [6.07, 6.45) is -4.53. The van der Waals surface area contributed by atoms with Gasteiger partial charge in [-0.05, 0) is 30.3 Å². The fourth-order valence-electron chi connectivity index (χ4n) is 1.71. The minimum Gasteiger partial charge on any atom is -0.382 e. The van der Waals surface area contributed by atoms with Gasteiger partial charge in [0.25, 0.3) is 0 Å². The minimum atomic E-state index is -4.53. The average Bonchev–Trinajstić information content (AvgIpc) is 2.45. The van der Waals surface area contributed by atoms with Crippen molar-refractivity contribution in [2.45, 2.75) is 11.1 Å². The third-order valence-corrected chi connectivity index (χ3v) is 3.74. The molecule has 0 aliphatic carbocycles. The second kappa shape index (κ2) is 6.85. The van der Waals surface area contributed by atoms with Crippen molar-refractivity contribution in [3.63, 3.8) is 0 Å². The first-order valence-electron chi connectivity index (χ1n) is 6.25. The van der Waals surface area contributed by atoms with Crippen LogP contribution in [0.1, 0.15) is 5.56 Å². The van der Waals surface area contributed by atoms with E-state index >= 15 is 0 Å². The topological polar surface area (TPSA) is 12.0 Å². The van der Waals surface area contributed by atoms with Gasteiger partial charge in [0.2, 0.25) is 0 Å². The minimum absolute atomic E-state index is 0.0802. The fraction of sp³-hybridized carbons (Fsp3) is 0.200. The summed E-state index contributed by atoms with van der Waals surface area (Å²) >= 11 is 1.59. The molecule has 0 spiro atoms. The maximum atomic E-state index is 13.6. The van der Waals surface area contributed by atoms with Crippen molar-refractivity contribution in [1.82, 2.24) is 0 Å². The quantitative estimate of drug-likeness (QED) is 0.471. The fourth-order valence-corrected chi connectivity index (χ4v) is 2.50. The van der Waals surface area contributed by atoms with Gasteiger partial charge in [0.05, 0.1) is 11.3 Å². The summed E-state index contributed by atoms with van der Waals surface area (Å²) < 4.78 is 50.8. The molecule has 0 aromatic heterocycles. The van der Waals surface area contributed by atoms with E-state index in [1.165, 1.54) is 0 Å². The molecule has 0 saturated carbocycles. The molecule has 0 aliphatic rings. The van der Waals surface area contributed by atoms with Crippen LogP contribution in [0.5, 0.6) is 0 Å². The molecule has 0 unspecified atom stereocenters. The highest BCUT2D eigenvalue weighted by atomic mass is 32.2. The highest BCUT2D eigenvalue weighted by Crippen LogP contribution is 2.31. The lowest BCUT2D eigenvalue weighted by molar-refractivity contribution is -0.137. The molecule has 112 valence electrons. The number of thioether (sulfide) groups is 1. The maximum Gasteiger partial charge on any atom is 0.416 e. The van der Waals surface area contributed by atoms with E-state index in [0.29, 0.717) is 18.4 Å². The average molecular weight is 315 g/mol. The zero-order valence-corrected chi connectivity index (χ0v) is 11.8. The van der Waals surface area contributed by atoms with E-state index in [2.05, 4.69) is 5.32 Å². The normalized spacial score (nSPS) is 11.4. The van der Waals surface area contributed by atoms with Crippen LogP contribution in [0.4, 0.5) is 23.2 Å². The predicted molar refractivity (Wildman–Crippen MR) is 77.1 cm³/mol. The van der Waals surface area contributed by atoms with E-state index in [1.807, 2.05) is 30.3 Å². The van der Waals surface area contributed by atoms with Gasteiger partial charge in [0.1, 0.15) is 5.82 Å². The molecule has 0 heterocycles. The molecule has 0 radical (unpaired) electrons. The number of nitrogens with one attached hydrogen (secondary N) is 1. The standard InChI is InChI=1S/C15H13F4NS/c16-13-10-11(15(17,18)19)6-7-14(13)20-8-9-21-12-4-2-1-3-5-12/h1-7,10,20H,8-9H2. The molecule has 1 N–H and O–H groups in total. The molecule has 0 atom stereocenters. The molecular weight excluding hydrogens is 302 g/mol. The first kappa shape index (κ1) is 15.7. The van der Waals surface area contributed by atoms with Gasteiger partial charge in [-0.1, -0.05) is 18.2 Å². The Bertz CT molecular complexity index is 584. The molecule has 0 saturated heterocycles. The van der Waals surface area contributed by atoms with Gasteiger partial charge in [0.15, 0.2) is 0 Å². The zero-order valence-electron chi connectivity index (χ0n) is 11.0. The van der Waals surface area contributed by atoms with Crippen molar-refractivity contribution in [3.8, 4) is 0 Å². The maximum absolute atomic E-state index is 13.6. The summed E-state index contributed by atoms with van der Waals surface area (Å²) in [5.74, 6) is -0.209. The predicted octanol–water partition coefficient (Wildman–Crippen LogP) is 5.05. The molecule has 0 bridgehead atoms. The third kappa shape index (κ3) is 4.67. The molecule has 0 aliphatic heterocycles. The molecule has 2 aromatic carbocycles. The molecule has 0 amide bonds. The number of rotatable bonds is 5. The van der Waals surface area contributed by atoms with Crippen LogP contribution in [0.25, 0.3) is 0 Å². The van der Waals surface area contributed by atoms with Gasteiger partial charge < -0.3 is 5.32 Å². The van der Waals surface area contributed by atoms with Gasteiger partial charge in [-0.25, -0.2) is 4.39 Å². The van der Waals surface area contributed by atoms with Gasteiger partial charge in [0, 0.05) is 17.2 Å². The summed E-state index contributed by atoms with van der Waals surface area (Å²) in [5, 5.41) is 2.80. The Hall–Kier alpha value is -1.69. The van der Waals surface area contributed by atoms with E-state index < -0.39 is 17.6 Å². The monoisotopic (exact) mass is 315 g/mol. The summed E-state index contributed by atoms with van der Waals surface area (Å²) in [6, 6.07) is 12.2. The van der Waals surface area contributed by atoms with Crippen LogP contribution < -0.4 is 5.32 Å². The first-order valence-corrected chi connectivity index (χ1v) is 7.24. The van der Waals surface area contributed by atoms with E-state index in [0.717, 1.165) is 17.0 Å². The van der Waals surface area contributed by atoms with Crippen LogP contribution in [-0.4, -0.2) is 12.3 Å². The van der Waals surface area contributed by atoms with Crippen LogP contribution in [0, 0.1) is 5.82 Å². The Morgan fingerprint density at radius 1 is 1.00 bits per heavy atom. The summed E-state index contributed by atoms with van der Waals surface area (Å²) in [5.41, 5.74) is -0.902. The van der Waals surface area contributed by atoms with Crippen molar-refractivity contribution in [2.75, 3.05) is 17.6 Å². The van der Waals surface area contributed by atoms with E-state index in [1.54, 1.807) is 11.8 Å². The smallest absolute Gasteiger partial charge is 0.382 e. The largest absolute Gasteiger partial charge is 0.416 e. The molecule has 2 aromatic rings. The van der Waals surface area contributed by atoms with Crippen molar-refractivity contribution >= 4 is 17.4 Å². The lowest BCUT2D eigenvalue weighted by Gasteiger charge is -2.11. The Morgan fingerprint density at radius 2 is 1.71 bits per heavy atom. The molecule has 2 rings (SSSR count). The van der Waals surface area contributed by atoms with Crippen LogP contribution in [0.15, 0.2) is 53.4 Å². The SMILES string of the molecule is Fc1cc(C(F)(F)F)ccc1NCCSc1ccccc1. The molecule has 21 heavy (non-hydrogen) atoms. The number of alkyl halides is 3. The van der Waals surface area contributed by atoms with Gasteiger partial charge in [-0.3, -0.25) is 0 Å². The third-order valence-electron chi connectivity index (χ3n) is 2.73. The highest BCUT2D eigenvalue weighted by molar-refractivity contribution is 7.99. The second-order valence-electron chi connectivity index (χ2n) is 4.28. The Balaban J connectivity index is 1.86. The summed E-state index contributed by atoms with van der Waals surface area (Å²) in [4.78, 5) is 1.09. The number of halogens is 4. The zero-order chi connectivity index (χ0) is 15.3. The van der Waals surface area contributed by atoms with Gasteiger partial charge in [-0.2, -0.15) is 13.2 Å². The lowest BCUT2D eigenvalue weighted by Crippen LogP contribution is -2.09. The van der Waals surface area contributed by atoms with Crippen LogP contribution in [-0.2, 0) is 6.18 Å². The van der Waals surface area contributed by atoms with Gasteiger partial charge in [-0.15, -0.1) is 11.8 Å². The van der Waals surface area contributed by atoms with Crippen molar-refractivity contribution in [3.05, 3.63) is 59.9 Å². The second-order valence-corrected chi connectivity index (χ2v) is 5.45. The van der Waals surface area contributed by atoms with Crippen molar-refractivity contribution in [2.24, 2.45) is 0 Å². The van der Waals surface area contributed by atoms with Crippen molar-refractivity contribution < 1.29 is 17.6 Å². The van der Waals surface area contributed by atoms with Crippen LogP contribution in [0.2, 0.25) is 0 Å². The van der Waals surface area contributed by atoms with E-state index in [9.17, 15) is 17.6 Å². The molecule has 1 nitrogen and oxygen atoms in total. The highest BCUT2D eigenvalue weighted by Gasteiger charge is 2.31.